The minimum absolute atomic E-state index is 0.342. The van der Waals surface area contributed by atoms with Gasteiger partial charge in [-0.3, -0.25) is 0 Å². The topological polar surface area (TPSA) is 21.6 Å². The Bertz CT molecular complexity index is 322. The molecule has 0 saturated heterocycles. The summed E-state index contributed by atoms with van der Waals surface area (Å²) in [4.78, 5) is 4.23. The van der Waals surface area contributed by atoms with E-state index in [1.54, 1.807) is 0 Å². The largest absolute Gasteiger partial charge is 0.475 e. The average molecular weight is 182 g/mol. The summed E-state index contributed by atoms with van der Waals surface area (Å²) in [5.41, 5.74) is 2.09. The van der Waals surface area contributed by atoms with Crippen LogP contribution in [0.3, 0.4) is 0 Å². The molecule has 0 amide bonds. The number of rotatable bonds is 1. The lowest BCUT2D eigenvalue weighted by Crippen LogP contribution is -2.10. The number of para-hydroxylation sites is 1. The van der Waals surface area contributed by atoms with Crippen LogP contribution in [0.15, 0.2) is 29.3 Å². The summed E-state index contributed by atoms with van der Waals surface area (Å²) in [5, 5.41) is 0. The number of ether oxygens (including phenoxy) is 1. The van der Waals surface area contributed by atoms with E-state index in [1.807, 2.05) is 24.3 Å². The third-order valence-corrected chi connectivity index (χ3v) is 1.97. The minimum Gasteiger partial charge on any atom is -0.475 e. The molecule has 0 aromatic heterocycles. The van der Waals surface area contributed by atoms with E-state index in [2.05, 4.69) is 4.99 Å². The number of hydrogen-bond acceptors (Lipinski definition) is 2. The van der Waals surface area contributed by atoms with Crippen molar-refractivity contribution in [1.29, 1.82) is 0 Å². The molecule has 2 nitrogen and oxygen atoms in total. The van der Waals surface area contributed by atoms with Crippen LogP contribution in [0.4, 0.5) is 5.69 Å². The fraction of sp³-hybridized carbons (Fsp3) is 0.222. The Kier molecular flexibility index (Phi) is 2.00. The maximum absolute atomic E-state index is 5.59. The zero-order valence-corrected chi connectivity index (χ0v) is 7.21. The molecule has 2 rings (SSSR count). The van der Waals surface area contributed by atoms with Gasteiger partial charge in [0.05, 0.1) is 11.6 Å². The number of nitrogens with zero attached hydrogens (tertiary/aromatic N) is 1. The molecule has 1 aliphatic rings. The van der Waals surface area contributed by atoms with E-state index >= 15 is 0 Å². The standard InChI is InChI=1S/C9H8ClNO/c10-5-9-11-8-4-2-1-3-7(8)6-12-9/h1-4H,5-6H2. The zero-order chi connectivity index (χ0) is 8.39. The van der Waals surface area contributed by atoms with E-state index in [0.29, 0.717) is 18.4 Å². The number of alkyl halides is 1. The highest BCUT2D eigenvalue weighted by atomic mass is 35.5. The van der Waals surface area contributed by atoms with Crippen molar-refractivity contribution in [1.82, 2.24) is 0 Å². The molecule has 0 aliphatic carbocycles. The molecule has 3 heteroatoms. The van der Waals surface area contributed by atoms with E-state index < -0.39 is 0 Å². The molecule has 1 aliphatic heterocycles. The lowest BCUT2D eigenvalue weighted by molar-refractivity contribution is 0.285. The first-order valence-corrected chi connectivity index (χ1v) is 4.28. The molecule has 0 atom stereocenters. The molecule has 12 heavy (non-hydrogen) atoms. The zero-order valence-electron chi connectivity index (χ0n) is 6.46. The normalized spacial score (nSPS) is 14.6. The Morgan fingerprint density at radius 1 is 1.42 bits per heavy atom. The number of fused-ring (bicyclic) bond motifs is 1. The van der Waals surface area contributed by atoms with Gasteiger partial charge >= 0.3 is 0 Å². The van der Waals surface area contributed by atoms with E-state index in [-0.39, 0.29) is 0 Å². The van der Waals surface area contributed by atoms with Gasteiger partial charge in [0, 0.05) is 5.56 Å². The Labute approximate surface area is 75.8 Å². The minimum atomic E-state index is 0.342. The highest BCUT2D eigenvalue weighted by Gasteiger charge is 2.10. The van der Waals surface area contributed by atoms with Gasteiger partial charge < -0.3 is 4.74 Å². The van der Waals surface area contributed by atoms with E-state index in [0.717, 1.165) is 11.3 Å². The summed E-state index contributed by atoms with van der Waals surface area (Å²) in [5.74, 6) is 0.948. The highest BCUT2D eigenvalue weighted by molar-refractivity contribution is 6.27. The molecular weight excluding hydrogens is 174 g/mol. The molecule has 0 N–H and O–H groups in total. The summed E-state index contributed by atoms with van der Waals surface area (Å²) in [7, 11) is 0. The molecule has 1 aromatic rings. The Balaban J connectivity index is 2.41. The van der Waals surface area contributed by atoms with Crippen molar-refractivity contribution in [2.45, 2.75) is 6.61 Å². The maximum atomic E-state index is 5.59. The van der Waals surface area contributed by atoms with Gasteiger partial charge in [-0.2, -0.15) is 0 Å². The van der Waals surface area contributed by atoms with Gasteiger partial charge in [0.2, 0.25) is 5.90 Å². The Morgan fingerprint density at radius 2 is 2.25 bits per heavy atom. The second kappa shape index (κ2) is 3.15. The molecular formula is C9H8ClNO. The van der Waals surface area contributed by atoms with E-state index in [1.165, 1.54) is 0 Å². The van der Waals surface area contributed by atoms with Gasteiger partial charge in [0.1, 0.15) is 6.61 Å². The quantitative estimate of drug-likeness (QED) is 0.610. The molecule has 0 fully saturated rings. The van der Waals surface area contributed by atoms with Gasteiger partial charge in [-0.25, -0.2) is 4.99 Å². The predicted molar refractivity (Wildman–Crippen MR) is 49.0 cm³/mol. The first kappa shape index (κ1) is 7.62. The number of hydrogen-bond donors (Lipinski definition) is 0. The lowest BCUT2D eigenvalue weighted by atomic mass is 10.2. The van der Waals surface area contributed by atoms with Crippen LogP contribution in [0.25, 0.3) is 0 Å². The lowest BCUT2D eigenvalue weighted by Gasteiger charge is -2.14. The Morgan fingerprint density at radius 3 is 3.08 bits per heavy atom. The highest BCUT2D eigenvalue weighted by Crippen LogP contribution is 2.23. The average Bonchev–Trinajstić information content (AvgIpc) is 2.17. The SMILES string of the molecule is ClCC1=Nc2ccccc2CO1. The van der Waals surface area contributed by atoms with Crippen molar-refractivity contribution in [2.75, 3.05) is 5.88 Å². The van der Waals surface area contributed by atoms with Gasteiger partial charge in [-0.1, -0.05) is 18.2 Å². The molecule has 0 bridgehead atoms. The van der Waals surface area contributed by atoms with Crippen molar-refractivity contribution in [2.24, 2.45) is 4.99 Å². The number of halogens is 1. The molecule has 0 unspecified atom stereocenters. The number of benzene rings is 1. The monoisotopic (exact) mass is 181 g/mol. The van der Waals surface area contributed by atoms with Gasteiger partial charge in [-0.05, 0) is 6.07 Å². The summed E-state index contributed by atoms with van der Waals surface area (Å²) in [6.07, 6.45) is 0. The molecule has 1 heterocycles. The smallest absolute Gasteiger partial charge is 0.204 e. The third-order valence-electron chi connectivity index (χ3n) is 1.75. The van der Waals surface area contributed by atoms with Crippen LogP contribution in [0.1, 0.15) is 5.56 Å². The van der Waals surface area contributed by atoms with Crippen LogP contribution in [0.5, 0.6) is 0 Å². The van der Waals surface area contributed by atoms with Crippen molar-refractivity contribution in [3.63, 3.8) is 0 Å². The summed E-state index contributed by atoms with van der Waals surface area (Å²) in [6.45, 7) is 0.585. The molecule has 0 saturated carbocycles. The summed E-state index contributed by atoms with van der Waals surface area (Å²) < 4.78 is 5.27. The predicted octanol–water partition coefficient (Wildman–Crippen LogP) is 2.49. The summed E-state index contributed by atoms with van der Waals surface area (Å²) >= 11 is 5.59. The second-order valence-corrected chi connectivity index (χ2v) is 2.82. The maximum Gasteiger partial charge on any atom is 0.204 e. The first-order chi connectivity index (χ1) is 5.90. The fourth-order valence-electron chi connectivity index (χ4n) is 1.14. The van der Waals surface area contributed by atoms with Crippen LogP contribution in [-0.2, 0) is 11.3 Å². The number of aliphatic imine (C=N–C) groups is 1. The van der Waals surface area contributed by atoms with Gasteiger partial charge in [0.25, 0.3) is 0 Å². The molecule has 0 radical (unpaired) electrons. The van der Waals surface area contributed by atoms with E-state index in [9.17, 15) is 0 Å². The van der Waals surface area contributed by atoms with Crippen LogP contribution in [-0.4, -0.2) is 11.8 Å². The van der Waals surface area contributed by atoms with Crippen molar-refractivity contribution in [3.05, 3.63) is 29.8 Å². The van der Waals surface area contributed by atoms with Crippen LogP contribution < -0.4 is 0 Å². The third kappa shape index (κ3) is 1.30. The van der Waals surface area contributed by atoms with Crippen LogP contribution in [0.2, 0.25) is 0 Å². The van der Waals surface area contributed by atoms with Crippen molar-refractivity contribution >= 4 is 23.2 Å². The molecule has 62 valence electrons. The first-order valence-electron chi connectivity index (χ1n) is 3.74. The molecule has 0 spiro atoms. The van der Waals surface area contributed by atoms with Gasteiger partial charge in [0.15, 0.2) is 0 Å². The van der Waals surface area contributed by atoms with Crippen molar-refractivity contribution < 1.29 is 4.74 Å². The van der Waals surface area contributed by atoms with E-state index in [4.69, 9.17) is 16.3 Å². The second-order valence-electron chi connectivity index (χ2n) is 2.56. The van der Waals surface area contributed by atoms with Crippen LogP contribution >= 0.6 is 11.6 Å². The molecule has 1 aromatic carbocycles. The summed E-state index contributed by atoms with van der Waals surface area (Å²) in [6, 6.07) is 7.90. The van der Waals surface area contributed by atoms with Crippen LogP contribution in [0, 0.1) is 0 Å². The Hall–Kier alpha value is -1.02. The van der Waals surface area contributed by atoms with Crippen molar-refractivity contribution in [3.8, 4) is 0 Å². The fourth-order valence-corrected chi connectivity index (χ4v) is 1.28. The van der Waals surface area contributed by atoms with Gasteiger partial charge in [-0.15, -0.1) is 11.6 Å².